The van der Waals surface area contributed by atoms with E-state index in [0.29, 0.717) is 12.2 Å². The first-order valence-corrected chi connectivity index (χ1v) is 7.41. The van der Waals surface area contributed by atoms with Gasteiger partial charge in [0, 0.05) is 0 Å². The fraction of sp³-hybridized carbons (Fsp3) is 0.667. The van der Waals surface area contributed by atoms with Crippen LogP contribution in [0.4, 0.5) is 0 Å². The fourth-order valence-corrected chi connectivity index (χ4v) is 2.29. The summed E-state index contributed by atoms with van der Waals surface area (Å²) in [4.78, 5) is 0. The Balaban J connectivity index is 3.68. The first-order chi connectivity index (χ1) is 8.80. The molecule has 0 saturated carbocycles. The molecular weight excluding hydrogens is 248 g/mol. The van der Waals surface area contributed by atoms with E-state index in [1.54, 1.807) is 0 Å². The van der Waals surface area contributed by atoms with E-state index in [1.807, 2.05) is 26.0 Å². The molecule has 2 nitrogen and oxygen atoms in total. The van der Waals surface area contributed by atoms with Crippen LogP contribution >= 0.6 is 0 Å². The Bertz CT molecular complexity index is 450. The lowest BCUT2D eigenvalue weighted by atomic mass is 9.76. The van der Waals surface area contributed by atoms with Gasteiger partial charge in [-0.25, -0.2) is 0 Å². The lowest BCUT2D eigenvalue weighted by Crippen LogP contribution is -2.24. The van der Waals surface area contributed by atoms with Crippen LogP contribution in [0.2, 0.25) is 0 Å². The fourth-order valence-electron chi connectivity index (χ4n) is 2.29. The predicted octanol–water partition coefficient (Wildman–Crippen LogP) is 4.60. The number of rotatable bonds is 2. The van der Waals surface area contributed by atoms with Gasteiger partial charge in [-0.2, -0.15) is 0 Å². The molecule has 0 heterocycles. The summed E-state index contributed by atoms with van der Waals surface area (Å²) in [5.74, 6) is 0.362. The average molecular weight is 278 g/mol. The molecule has 0 unspecified atom stereocenters. The second-order valence-corrected chi connectivity index (χ2v) is 8.05. The van der Waals surface area contributed by atoms with Gasteiger partial charge < -0.3 is 10.2 Å². The predicted molar refractivity (Wildman–Crippen MR) is 85.4 cm³/mol. The topological polar surface area (TPSA) is 40.5 Å². The lowest BCUT2D eigenvalue weighted by molar-refractivity contribution is 0.0527. The van der Waals surface area contributed by atoms with E-state index in [9.17, 15) is 10.2 Å². The SMILES string of the molecule is CC[C@@](C)(O)c1cc(C(C)(C)C)c(O)c(C(C)(C)C)c1. The number of aliphatic hydroxyl groups is 1. The first kappa shape index (κ1) is 17.0. The van der Waals surface area contributed by atoms with Gasteiger partial charge in [0.15, 0.2) is 0 Å². The molecule has 20 heavy (non-hydrogen) atoms. The molecule has 0 radical (unpaired) electrons. The molecule has 1 rings (SSSR count). The molecule has 1 aromatic carbocycles. The monoisotopic (exact) mass is 278 g/mol. The minimum atomic E-state index is -0.867. The molecule has 0 amide bonds. The highest BCUT2D eigenvalue weighted by Crippen LogP contribution is 2.42. The number of phenols is 1. The minimum absolute atomic E-state index is 0.163. The van der Waals surface area contributed by atoms with Gasteiger partial charge in [-0.3, -0.25) is 0 Å². The van der Waals surface area contributed by atoms with Gasteiger partial charge in [0.25, 0.3) is 0 Å². The van der Waals surface area contributed by atoms with Crippen molar-refractivity contribution in [2.45, 2.75) is 78.2 Å². The Morgan fingerprint density at radius 3 is 1.45 bits per heavy atom. The van der Waals surface area contributed by atoms with Crippen LogP contribution in [0.5, 0.6) is 5.75 Å². The van der Waals surface area contributed by atoms with Crippen molar-refractivity contribution in [3.63, 3.8) is 0 Å². The van der Waals surface area contributed by atoms with E-state index in [0.717, 1.165) is 16.7 Å². The summed E-state index contributed by atoms with van der Waals surface area (Å²) >= 11 is 0. The highest BCUT2D eigenvalue weighted by atomic mass is 16.3. The molecule has 2 N–H and O–H groups in total. The second-order valence-electron chi connectivity index (χ2n) is 8.05. The quantitative estimate of drug-likeness (QED) is 0.829. The highest BCUT2D eigenvalue weighted by Gasteiger charge is 2.30. The zero-order valence-corrected chi connectivity index (χ0v) is 14.3. The summed E-state index contributed by atoms with van der Waals surface area (Å²) in [5.41, 5.74) is 1.48. The van der Waals surface area contributed by atoms with Crippen molar-refractivity contribution in [1.29, 1.82) is 0 Å². The van der Waals surface area contributed by atoms with Gasteiger partial charge >= 0.3 is 0 Å². The molecule has 1 aromatic rings. The zero-order valence-electron chi connectivity index (χ0n) is 14.3. The summed E-state index contributed by atoms with van der Waals surface area (Å²) in [7, 11) is 0. The lowest BCUT2D eigenvalue weighted by Gasteiger charge is -2.31. The summed E-state index contributed by atoms with van der Waals surface area (Å²) in [6.07, 6.45) is 0.644. The molecule has 0 bridgehead atoms. The van der Waals surface area contributed by atoms with Crippen LogP contribution < -0.4 is 0 Å². The van der Waals surface area contributed by atoms with Crippen molar-refractivity contribution in [2.24, 2.45) is 0 Å². The normalized spacial score (nSPS) is 16.1. The van der Waals surface area contributed by atoms with Crippen molar-refractivity contribution >= 4 is 0 Å². The Morgan fingerprint density at radius 2 is 1.20 bits per heavy atom. The largest absolute Gasteiger partial charge is 0.507 e. The Morgan fingerprint density at radius 1 is 0.850 bits per heavy atom. The van der Waals surface area contributed by atoms with Crippen LogP contribution in [0, 0.1) is 0 Å². The number of aromatic hydroxyl groups is 1. The maximum Gasteiger partial charge on any atom is 0.123 e. The summed E-state index contributed by atoms with van der Waals surface area (Å²) in [6.45, 7) is 16.3. The van der Waals surface area contributed by atoms with E-state index in [2.05, 4.69) is 41.5 Å². The maximum atomic E-state index is 10.6. The smallest absolute Gasteiger partial charge is 0.123 e. The maximum absolute atomic E-state index is 10.6. The van der Waals surface area contributed by atoms with Crippen molar-refractivity contribution in [1.82, 2.24) is 0 Å². The van der Waals surface area contributed by atoms with Gasteiger partial charge in [0.1, 0.15) is 5.75 Å². The molecule has 0 fully saturated rings. The Kier molecular flexibility index (Phi) is 4.32. The summed E-state index contributed by atoms with van der Waals surface area (Å²) in [5, 5.41) is 21.2. The molecule has 2 heteroatoms. The highest BCUT2D eigenvalue weighted by molar-refractivity contribution is 5.51. The summed E-state index contributed by atoms with van der Waals surface area (Å²) < 4.78 is 0. The Hall–Kier alpha value is -1.02. The van der Waals surface area contributed by atoms with E-state index in [-0.39, 0.29) is 10.8 Å². The molecule has 0 aromatic heterocycles. The van der Waals surface area contributed by atoms with E-state index >= 15 is 0 Å². The van der Waals surface area contributed by atoms with Crippen molar-refractivity contribution < 1.29 is 10.2 Å². The van der Waals surface area contributed by atoms with Gasteiger partial charge in [0.2, 0.25) is 0 Å². The van der Waals surface area contributed by atoms with E-state index in [4.69, 9.17) is 0 Å². The van der Waals surface area contributed by atoms with Gasteiger partial charge in [-0.15, -0.1) is 0 Å². The zero-order chi connectivity index (χ0) is 15.9. The van der Waals surface area contributed by atoms with Crippen LogP contribution in [0.15, 0.2) is 12.1 Å². The molecule has 0 spiro atoms. The Labute approximate surface area is 123 Å². The molecule has 0 aliphatic carbocycles. The number of benzene rings is 1. The van der Waals surface area contributed by atoms with Gasteiger partial charge in [0.05, 0.1) is 5.60 Å². The molecule has 0 aliphatic heterocycles. The van der Waals surface area contributed by atoms with Crippen LogP contribution in [-0.4, -0.2) is 10.2 Å². The molecule has 114 valence electrons. The van der Waals surface area contributed by atoms with Gasteiger partial charge in [-0.05, 0) is 53.0 Å². The average Bonchev–Trinajstić information content (AvgIpc) is 2.25. The minimum Gasteiger partial charge on any atom is -0.507 e. The third kappa shape index (κ3) is 3.35. The summed E-state index contributed by atoms with van der Waals surface area (Å²) in [6, 6.07) is 3.90. The third-order valence-corrected chi connectivity index (χ3v) is 4.04. The van der Waals surface area contributed by atoms with Gasteiger partial charge in [-0.1, -0.05) is 48.5 Å². The number of hydrogen-bond acceptors (Lipinski definition) is 2. The van der Waals surface area contributed by atoms with Crippen LogP contribution in [0.1, 0.15) is 78.5 Å². The number of phenolic OH excluding ortho intramolecular Hbond substituents is 1. The van der Waals surface area contributed by atoms with Crippen LogP contribution in [0.3, 0.4) is 0 Å². The van der Waals surface area contributed by atoms with Crippen molar-refractivity contribution in [2.75, 3.05) is 0 Å². The molecule has 1 atom stereocenters. The van der Waals surface area contributed by atoms with Crippen molar-refractivity contribution in [3.05, 3.63) is 28.8 Å². The van der Waals surface area contributed by atoms with Crippen LogP contribution in [0.25, 0.3) is 0 Å². The van der Waals surface area contributed by atoms with E-state index in [1.165, 1.54) is 0 Å². The van der Waals surface area contributed by atoms with E-state index < -0.39 is 5.60 Å². The second kappa shape index (κ2) is 5.07. The molecular formula is C18H30O2. The standard InChI is InChI=1S/C18H30O2/c1-9-18(8,20)12-10-13(16(2,3)4)15(19)14(11-12)17(5,6)7/h10-11,19-20H,9H2,1-8H3/t18-/m1/s1. The third-order valence-electron chi connectivity index (χ3n) is 4.04. The molecule has 0 aliphatic rings. The van der Waals surface area contributed by atoms with Crippen LogP contribution in [-0.2, 0) is 16.4 Å². The van der Waals surface area contributed by atoms with Crippen molar-refractivity contribution in [3.8, 4) is 5.75 Å². The first-order valence-electron chi connectivity index (χ1n) is 7.41. The number of hydrogen-bond donors (Lipinski definition) is 2. The molecule has 0 saturated heterocycles.